The van der Waals surface area contributed by atoms with Gasteiger partial charge in [0.25, 0.3) is 0 Å². The highest BCUT2D eigenvalue weighted by atomic mass is 127. The zero-order chi connectivity index (χ0) is 24.2. The molecule has 3 aromatic rings. The summed E-state index contributed by atoms with van der Waals surface area (Å²) in [5.74, 6) is 1.26. The number of ether oxygens (including phenoxy) is 2. The van der Waals surface area contributed by atoms with Crippen molar-refractivity contribution in [1.29, 1.82) is 0 Å². The predicted octanol–water partition coefficient (Wildman–Crippen LogP) is 4.87. The molecule has 0 unspecified atom stereocenters. The van der Waals surface area contributed by atoms with E-state index in [1.54, 1.807) is 7.11 Å². The number of piperidine rings is 1. The fourth-order valence-electron chi connectivity index (χ4n) is 4.96. The molecule has 1 saturated carbocycles. The number of carbonyl (C=O) groups excluding carboxylic acids is 1. The molecule has 1 aliphatic carbocycles. The van der Waals surface area contributed by atoms with Crippen LogP contribution in [-0.2, 0) is 4.74 Å². The first kappa shape index (κ1) is 23.4. The first-order valence-electron chi connectivity index (χ1n) is 11.8. The molecule has 10 heteroatoms. The molecule has 3 aromatic heterocycles. The Kier molecular flexibility index (Phi) is 5.97. The van der Waals surface area contributed by atoms with Crippen molar-refractivity contribution in [2.24, 2.45) is 5.92 Å². The van der Waals surface area contributed by atoms with Crippen LogP contribution >= 0.6 is 22.6 Å². The van der Waals surface area contributed by atoms with E-state index in [1.165, 1.54) is 12.8 Å². The van der Waals surface area contributed by atoms with Crippen molar-refractivity contribution in [3.05, 3.63) is 27.7 Å². The van der Waals surface area contributed by atoms with E-state index in [0.717, 1.165) is 39.1 Å². The van der Waals surface area contributed by atoms with E-state index in [0.29, 0.717) is 18.3 Å². The number of hydrogen-bond donors (Lipinski definition) is 0. The van der Waals surface area contributed by atoms with Gasteiger partial charge in [0.05, 0.1) is 25.0 Å². The van der Waals surface area contributed by atoms with Crippen molar-refractivity contribution in [2.45, 2.75) is 71.1 Å². The molecule has 4 heterocycles. The molecule has 2 atom stereocenters. The zero-order valence-corrected chi connectivity index (χ0v) is 22.4. The molecule has 1 aliphatic heterocycles. The van der Waals surface area contributed by atoms with E-state index in [4.69, 9.17) is 9.47 Å². The zero-order valence-electron chi connectivity index (χ0n) is 20.3. The lowest BCUT2D eigenvalue weighted by atomic mass is 9.94. The fourth-order valence-corrected chi connectivity index (χ4v) is 5.58. The topological polar surface area (TPSA) is 86.8 Å². The van der Waals surface area contributed by atoms with Crippen LogP contribution in [0, 0.1) is 16.5 Å². The van der Waals surface area contributed by atoms with Gasteiger partial charge in [-0.1, -0.05) is 5.21 Å². The van der Waals surface area contributed by atoms with Crippen LogP contribution < -0.4 is 4.74 Å². The van der Waals surface area contributed by atoms with Gasteiger partial charge in [-0.25, -0.2) is 14.5 Å². The van der Waals surface area contributed by atoms with E-state index in [1.807, 2.05) is 53.1 Å². The molecule has 1 saturated heterocycles. The molecule has 0 N–H and O–H groups in total. The van der Waals surface area contributed by atoms with Gasteiger partial charge in [0.1, 0.15) is 20.6 Å². The lowest BCUT2D eigenvalue weighted by Gasteiger charge is -2.40. The van der Waals surface area contributed by atoms with E-state index < -0.39 is 5.60 Å². The molecule has 2 fully saturated rings. The second-order valence-electron chi connectivity index (χ2n) is 10.3. The van der Waals surface area contributed by atoms with Crippen molar-refractivity contribution in [3.8, 4) is 17.1 Å². The summed E-state index contributed by atoms with van der Waals surface area (Å²) >= 11 is 2.25. The maximum atomic E-state index is 12.9. The number of likely N-dealkylation sites (tertiary alicyclic amines) is 1. The molecular formula is C24H31IN6O3. The molecule has 2 aliphatic rings. The summed E-state index contributed by atoms with van der Waals surface area (Å²) < 4.78 is 16.3. The SMILES string of the molecule is COc1cc(-c2nnn([C@@H]3CCN(C(=O)OC(C)(C)C)[C@H](C4CC4)C3)c2C)cc2ncc(I)n12. The van der Waals surface area contributed by atoms with Crippen LogP contribution in [0.5, 0.6) is 5.88 Å². The summed E-state index contributed by atoms with van der Waals surface area (Å²) in [6.07, 6.45) is 5.65. The Morgan fingerprint density at radius 2 is 1.97 bits per heavy atom. The molecule has 182 valence electrons. The fraction of sp³-hybridized carbons (Fsp3) is 0.583. The van der Waals surface area contributed by atoms with Crippen LogP contribution in [-0.4, -0.2) is 60.7 Å². The summed E-state index contributed by atoms with van der Waals surface area (Å²) in [6.45, 7) is 8.48. The highest BCUT2D eigenvalue weighted by Crippen LogP contribution is 2.43. The monoisotopic (exact) mass is 578 g/mol. The average Bonchev–Trinajstić information content (AvgIpc) is 3.47. The first-order valence-corrected chi connectivity index (χ1v) is 12.9. The van der Waals surface area contributed by atoms with E-state index in [9.17, 15) is 4.79 Å². The number of pyridine rings is 1. The maximum Gasteiger partial charge on any atom is 0.410 e. The van der Waals surface area contributed by atoms with Crippen molar-refractivity contribution in [3.63, 3.8) is 0 Å². The third kappa shape index (κ3) is 4.36. The third-order valence-electron chi connectivity index (χ3n) is 6.70. The number of methoxy groups -OCH3 is 1. The van der Waals surface area contributed by atoms with Crippen LogP contribution in [0.2, 0.25) is 0 Å². The number of halogens is 1. The Balaban J connectivity index is 1.41. The van der Waals surface area contributed by atoms with Gasteiger partial charge < -0.3 is 14.4 Å². The molecule has 5 rings (SSSR count). The summed E-state index contributed by atoms with van der Waals surface area (Å²) in [6, 6.07) is 4.38. The summed E-state index contributed by atoms with van der Waals surface area (Å²) in [4.78, 5) is 19.3. The van der Waals surface area contributed by atoms with Crippen LogP contribution in [0.3, 0.4) is 0 Å². The highest BCUT2D eigenvalue weighted by Gasteiger charge is 2.43. The van der Waals surface area contributed by atoms with Gasteiger partial charge in [-0.3, -0.25) is 4.40 Å². The van der Waals surface area contributed by atoms with Gasteiger partial charge in [-0.05, 0) is 88.0 Å². The third-order valence-corrected chi connectivity index (χ3v) is 7.46. The highest BCUT2D eigenvalue weighted by molar-refractivity contribution is 14.1. The van der Waals surface area contributed by atoms with Crippen molar-refractivity contribution in [2.75, 3.05) is 13.7 Å². The van der Waals surface area contributed by atoms with E-state index in [2.05, 4.69) is 44.8 Å². The smallest absolute Gasteiger partial charge is 0.410 e. The molecule has 1 amide bonds. The normalized spacial score (nSPS) is 21.2. The van der Waals surface area contributed by atoms with Crippen molar-refractivity contribution in [1.82, 2.24) is 29.3 Å². The molecule has 34 heavy (non-hydrogen) atoms. The summed E-state index contributed by atoms with van der Waals surface area (Å²) in [7, 11) is 1.66. The minimum absolute atomic E-state index is 0.184. The molecule has 9 nitrogen and oxygen atoms in total. The summed E-state index contributed by atoms with van der Waals surface area (Å²) in [5, 5.41) is 9.11. The number of carbonyl (C=O) groups is 1. The largest absolute Gasteiger partial charge is 0.482 e. The first-order chi connectivity index (χ1) is 16.2. The summed E-state index contributed by atoms with van der Waals surface area (Å²) in [5.41, 5.74) is 3.09. The second kappa shape index (κ2) is 8.69. The minimum Gasteiger partial charge on any atom is -0.482 e. The van der Waals surface area contributed by atoms with Gasteiger partial charge in [0, 0.05) is 24.2 Å². The van der Waals surface area contributed by atoms with E-state index >= 15 is 0 Å². The van der Waals surface area contributed by atoms with Crippen molar-refractivity contribution < 1.29 is 14.3 Å². The minimum atomic E-state index is -0.492. The van der Waals surface area contributed by atoms with Gasteiger partial charge in [0.2, 0.25) is 5.88 Å². The molecule has 0 spiro atoms. The Morgan fingerprint density at radius 3 is 2.65 bits per heavy atom. The van der Waals surface area contributed by atoms with Gasteiger partial charge in [0.15, 0.2) is 0 Å². The van der Waals surface area contributed by atoms with Crippen LogP contribution in [0.1, 0.15) is 58.2 Å². The number of fused-ring (bicyclic) bond motifs is 1. The van der Waals surface area contributed by atoms with Gasteiger partial charge in [-0.15, -0.1) is 5.10 Å². The molecule has 0 bridgehead atoms. The second-order valence-corrected chi connectivity index (χ2v) is 11.4. The Labute approximate surface area is 212 Å². The van der Waals surface area contributed by atoms with Crippen LogP contribution in [0.25, 0.3) is 16.9 Å². The number of hydrogen-bond acceptors (Lipinski definition) is 6. The predicted molar refractivity (Wildman–Crippen MR) is 136 cm³/mol. The molecule has 0 radical (unpaired) electrons. The molecule has 0 aromatic carbocycles. The van der Waals surface area contributed by atoms with Crippen LogP contribution in [0.15, 0.2) is 18.3 Å². The van der Waals surface area contributed by atoms with Gasteiger partial charge in [-0.2, -0.15) is 0 Å². The molecular weight excluding hydrogens is 547 g/mol. The quantitative estimate of drug-likeness (QED) is 0.411. The van der Waals surface area contributed by atoms with Crippen LogP contribution in [0.4, 0.5) is 4.79 Å². The Morgan fingerprint density at radius 1 is 1.21 bits per heavy atom. The Bertz CT molecular complexity index is 1230. The van der Waals surface area contributed by atoms with E-state index in [-0.39, 0.29) is 18.2 Å². The number of nitrogens with zero attached hydrogens (tertiary/aromatic N) is 6. The van der Waals surface area contributed by atoms with Gasteiger partial charge >= 0.3 is 6.09 Å². The number of aromatic nitrogens is 5. The maximum absolute atomic E-state index is 12.9. The average molecular weight is 578 g/mol. The lowest BCUT2D eigenvalue weighted by molar-refractivity contribution is 0.00131. The van der Waals surface area contributed by atoms with Crippen molar-refractivity contribution >= 4 is 34.3 Å². The number of rotatable bonds is 4. The lowest BCUT2D eigenvalue weighted by Crippen LogP contribution is -2.49. The Hall–Kier alpha value is -2.37. The standard InChI is InChI=1S/C24H31IN6O3/c1-14-22(16-10-20-26-13-19(25)30(20)21(11-16)33-5)27-28-31(14)17-8-9-29(18(12-17)15-6-7-15)23(32)34-24(2,3)4/h10-11,13,15,17-18H,6-9,12H2,1-5H3/t17-,18+/m1/s1. The number of amides is 1. The number of imidazole rings is 1.